The first-order valence-electron chi connectivity index (χ1n) is 8.17. The van der Waals surface area contributed by atoms with Gasteiger partial charge in [0.15, 0.2) is 5.82 Å². The quantitative estimate of drug-likeness (QED) is 0.516. The molecule has 0 bridgehead atoms. The Bertz CT molecular complexity index is 999. The first-order valence-corrected chi connectivity index (χ1v) is 8.17. The molecule has 26 heavy (non-hydrogen) atoms. The third-order valence-electron chi connectivity index (χ3n) is 4.08. The molecule has 0 fully saturated rings. The number of fused-ring (bicyclic) bond motifs is 2. The third-order valence-corrected chi connectivity index (χ3v) is 4.08. The summed E-state index contributed by atoms with van der Waals surface area (Å²) in [6, 6.07) is 16.3. The van der Waals surface area contributed by atoms with Gasteiger partial charge in [-0.1, -0.05) is 36.4 Å². The van der Waals surface area contributed by atoms with Gasteiger partial charge in [0.2, 0.25) is 0 Å². The summed E-state index contributed by atoms with van der Waals surface area (Å²) < 4.78 is 1.54. The summed E-state index contributed by atoms with van der Waals surface area (Å²) in [6.07, 6.45) is 1.44. The molecule has 7 heteroatoms. The van der Waals surface area contributed by atoms with Crippen LogP contribution in [0.2, 0.25) is 0 Å². The van der Waals surface area contributed by atoms with Gasteiger partial charge in [0.1, 0.15) is 5.71 Å². The smallest absolute Gasteiger partial charge is 0.335 e. The number of carbonyl (C=O) groups is 1. The van der Waals surface area contributed by atoms with Crippen LogP contribution in [0.3, 0.4) is 0 Å². The molecule has 3 aromatic rings. The Morgan fingerprint density at radius 1 is 1.15 bits per heavy atom. The van der Waals surface area contributed by atoms with E-state index in [-0.39, 0.29) is 11.1 Å². The minimum atomic E-state index is -1.06. The van der Waals surface area contributed by atoms with Gasteiger partial charge >= 0.3 is 5.97 Å². The maximum absolute atomic E-state index is 12.4. The highest BCUT2D eigenvalue weighted by Gasteiger charge is 2.20. The number of nitrogens with two attached hydrogens (primary N) is 1. The van der Waals surface area contributed by atoms with Gasteiger partial charge in [0.05, 0.1) is 16.5 Å². The van der Waals surface area contributed by atoms with Crippen LogP contribution in [0.25, 0.3) is 10.9 Å². The van der Waals surface area contributed by atoms with Gasteiger partial charge in [0.25, 0.3) is 5.56 Å². The van der Waals surface area contributed by atoms with E-state index in [0.717, 1.165) is 6.42 Å². The Kier molecular flexibility index (Phi) is 5.07. The lowest BCUT2D eigenvalue weighted by Gasteiger charge is -2.19. The van der Waals surface area contributed by atoms with Crippen molar-refractivity contribution in [2.24, 2.45) is 10.9 Å². The van der Waals surface area contributed by atoms with Gasteiger partial charge in [-0.05, 0) is 31.0 Å². The highest BCUT2D eigenvalue weighted by Crippen LogP contribution is 2.16. The zero-order chi connectivity index (χ0) is 18.5. The number of hydrogen-bond acceptors (Lipinski definition) is 5. The minimum absolute atomic E-state index is 0.0939. The molecule has 0 amide bonds. The Labute approximate surface area is 149 Å². The summed E-state index contributed by atoms with van der Waals surface area (Å²) in [5.41, 5.74) is 0.819. The van der Waals surface area contributed by atoms with Crippen molar-refractivity contribution in [3.8, 4) is 0 Å². The van der Waals surface area contributed by atoms with Crippen molar-refractivity contribution in [3.05, 3.63) is 76.3 Å². The molecule has 2 heterocycles. The van der Waals surface area contributed by atoms with E-state index in [1.54, 1.807) is 0 Å². The summed E-state index contributed by atoms with van der Waals surface area (Å²) in [5, 5.41) is 13.1. The first-order chi connectivity index (χ1) is 12.6. The average molecular weight is 350 g/mol. The monoisotopic (exact) mass is 350 g/mol. The number of benzene rings is 2. The molecule has 0 saturated heterocycles. The van der Waals surface area contributed by atoms with Crippen molar-refractivity contribution < 1.29 is 9.90 Å². The minimum Gasteiger partial charge on any atom is -0.478 e. The number of hydrogen-bond donors (Lipinski definition) is 2. The number of rotatable bonds is 1. The number of carboxylic acids is 1. The molecule has 0 spiro atoms. The van der Waals surface area contributed by atoms with Gasteiger partial charge in [-0.15, -0.1) is 0 Å². The lowest BCUT2D eigenvalue weighted by Crippen LogP contribution is -2.32. The van der Waals surface area contributed by atoms with E-state index in [9.17, 15) is 9.59 Å². The van der Waals surface area contributed by atoms with Crippen LogP contribution in [-0.4, -0.2) is 26.3 Å². The van der Waals surface area contributed by atoms with Crippen LogP contribution in [0.5, 0.6) is 0 Å². The Hall–Kier alpha value is -3.48. The zero-order valence-electron chi connectivity index (χ0n) is 14.0. The molecule has 0 aliphatic carbocycles. The standard InChI is InChI=1S/C13H12N4O3.C6H6/c14-16-9-2-1-5-17-11(9)15-10-6-7(13(19)20)3-4-8(10)12(17)18;1-2-4-6-5-3-1/h3-4,6H,1-2,5,14H2,(H,19,20);1-6H. The SMILES string of the molecule is NN=C1CCCn2c1nc1cc(C(=O)O)ccc1c2=O.c1ccccc1. The van der Waals surface area contributed by atoms with Gasteiger partial charge in [-0.3, -0.25) is 9.36 Å². The van der Waals surface area contributed by atoms with Crippen molar-refractivity contribution in [3.63, 3.8) is 0 Å². The Morgan fingerprint density at radius 3 is 2.38 bits per heavy atom. The lowest BCUT2D eigenvalue weighted by atomic mass is 10.1. The molecule has 1 aliphatic rings. The van der Waals surface area contributed by atoms with Crippen molar-refractivity contribution in [1.82, 2.24) is 9.55 Å². The van der Waals surface area contributed by atoms with Gasteiger partial charge < -0.3 is 10.9 Å². The topological polar surface area (TPSA) is 111 Å². The first kappa shape index (κ1) is 17.3. The van der Waals surface area contributed by atoms with Crippen LogP contribution in [0.1, 0.15) is 29.0 Å². The number of aromatic carboxylic acids is 1. The summed E-state index contributed by atoms with van der Waals surface area (Å²) in [6.45, 7) is 0.566. The van der Waals surface area contributed by atoms with Gasteiger partial charge in [-0.25, -0.2) is 9.78 Å². The molecular formula is C19H18N4O3. The molecule has 0 unspecified atom stereocenters. The second kappa shape index (κ2) is 7.60. The molecule has 0 atom stereocenters. The van der Waals surface area contributed by atoms with Crippen LogP contribution >= 0.6 is 0 Å². The predicted molar refractivity (Wildman–Crippen MR) is 99.4 cm³/mol. The fraction of sp³-hybridized carbons (Fsp3) is 0.158. The molecule has 1 aliphatic heterocycles. The summed E-state index contributed by atoms with van der Waals surface area (Å²) in [7, 11) is 0. The van der Waals surface area contributed by atoms with Gasteiger partial charge in [0, 0.05) is 6.54 Å². The van der Waals surface area contributed by atoms with Crippen LogP contribution in [0.4, 0.5) is 0 Å². The summed E-state index contributed by atoms with van der Waals surface area (Å²) in [4.78, 5) is 27.7. The maximum atomic E-state index is 12.4. The Morgan fingerprint density at radius 2 is 1.81 bits per heavy atom. The second-order valence-electron chi connectivity index (χ2n) is 5.76. The molecule has 1 aromatic heterocycles. The van der Waals surface area contributed by atoms with E-state index in [2.05, 4.69) is 10.1 Å². The predicted octanol–water partition coefficient (Wildman–Crippen LogP) is 2.24. The molecule has 0 saturated carbocycles. The van der Waals surface area contributed by atoms with Crippen LogP contribution in [-0.2, 0) is 6.54 Å². The summed E-state index contributed by atoms with van der Waals surface area (Å²) in [5.74, 6) is 4.70. The van der Waals surface area contributed by atoms with Crippen molar-refractivity contribution in [1.29, 1.82) is 0 Å². The average Bonchev–Trinajstić information content (AvgIpc) is 2.69. The van der Waals surface area contributed by atoms with E-state index in [0.29, 0.717) is 35.4 Å². The third kappa shape index (κ3) is 3.46. The molecule has 7 nitrogen and oxygen atoms in total. The molecule has 0 radical (unpaired) electrons. The second-order valence-corrected chi connectivity index (χ2v) is 5.76. The summed E-state index contributed by atoms with van der Waals surface area (Å²) >= 11 is 0. The van der Waals surface area contributed by atoms with Gasteiger partial charge in [-0.2, -0.15) is 5.10 Å². The molecular weight excluding hydrogens is 332 g/mol. The fourth-order valence-corrected chi connectivity index (χ4v) is 2.81. The van der Waals surface area contributed by atoms with E-state index in [4.69, 9.17) is 10.9 Å². The highest BCUT2D eigenvalue weighted by molar-refractivity contribution is 6.00. The number of hydrazone groups is 1. The normalized spacial score (nSPS) is 14.4. The van der Waals surface area contributed by atoms with Crippen molar-refractivity contribution in [2.45, 2.75) is 19.4 Å². The fourth-order valence-electron chi connectivity index (χ4n) is 2.81. The van der Waals surface area contributed by atoms with E-state index in [1.807, 2.05) is 36.4 Å². The van der Waals surface area contributed by atoms with Crippen LogP contribution < -0.4 is 11.4 Å². The molecule has 3 N–H and O–H groups in total. The Balaban J connectivity index is 0.000000278. The highest BCUT2D eigenvalue weighted by atomic mass is 16.4. The zero-order valence-corrected chi connectivity index (χ0v) is 14.0. The van der Waals surface area contributed by atoms with Crippen molar-refractivity contribution >= 4 is 22.6 Å². The number of nitrogens with zero attached hydrogens (tertiary/aromatic N) is 3. The largest absolute Gasteiger partial charge is 0.478 e. The maximum Gasteiger partial charge on any atom is 0.335 e. The molecule has 4 rings (SSSR count). The molecule has 132 valence electrons. The number of carboxylic acid groups (broad SMARTS) is 1. The lowest BCUT2D eigenvalue weighted by molar-refractivity contribution is 0.0697. The molecule has 2 aromatic carbocycles. The number of aromatic nitrogens is 2. The van der Waals surface area contributed by atoms with E-state index < -0.39 is 5.97 Å². The van der Waals surface area contributed by atoms with Crippen LogP contribution in [0, 0.1) is 0 Å². The van der Waals surface area contributed by atoms with E-state index >= 15 is 0 Å². The van der Waals surface area contributed by atoms with Crippen molar-refractivity contribution in [2.75, 3.05) is 0 Å². The van der Waals surface area contributed by atoms with Crippen LogP contribution in [0.15, 0.2) is 64.5 Å². The van der Waals surface area contributed by atoms with E-state index in [1.165, 1.54) is 22.8 Å².